The molecule has 0 bridgehead atoms. The van der Waals surface area contributed by atoms with E-state index in [4.69, 9.17) is 5.14 Å². The third kappa shape index (κ3) is 5.11. The Morgan fingerprint density at radius 3 is 2.57 bits per heavy atom. The van der Waals surface area contributed by atoms with Crippen LogP contribution in [0.5, 0.6) is 0 Å². The summed E-state index contributed by atoms with van der Waals surface area (Å²) < 4.78 is 22.3. The van der Waals surface area contributed by atoms with Gasteiger partial charge in [-0.3, -0.25) is 4.79 Å². The Morgan fingerprint density at radius 2 is 2.00 bits per heavy atom. The number of nitrogens with one attached hydrogen (secondary N) is 2. The lowest BCUT2D eigenvalue weighted by atomic mass is 10.0. The van der Waals surface area contributed by atoms with Gasteiger partial charge in [0.15, 0.2) is 0 Å². The van der Waals surface area contributed by atoms with E-state index in [1.165, 1.54) is 25.0 Å². The minimum absolute atomic E-state index is 0.00456. The van der Waals surface area contributed by atoms with Crippen molar-refractivity contribution in [3.63, 3.8) is 0 Å². The van der Waals surface area contributed by atoms with Crippen LogP contribution in [0.15, 0.2) is 29.2 Å². The van der Waals surface area contributed by atoms with Crippen molar-refractivity contribution in [1.82, 2.24) is 10.6 Å². The molecule has 1 aromatic rings. The van der Waals surface area contributed by atoms with Crippen LogP contribution in [0.3, 0.4) is 0 Å². The smallest absolute Gasteiger partial charge is 0.238 e. The van der Waals surface area contributed by atoms with Gasteiger partial charge in [0.2, 0.25) is 15.9 Å². The van der Waals surface area contributed by atoms with Gasteiger partial charge in [0.1, 0.15) is 0 Å². The summed E-state index contributed by atoms with van der Waals surface area (Å²) in [5, 5.41) is 11.2. The number of nitrogens with two attached hydrogens (primary N) is 1. The maximum Gasteiger partial charge on any atom is 0.238 e. The van der Waals surface area contributed by atoms with E-state index >= 15 is 0 Å². The van der Waals surface area contributed by atoms with Gasteiger partial charge in [-0.15, -0.1) is 0 Å². The molecule has 1 fully saturated rings. The molecule has 0 radical (unpaired) electrons. The molecule has 1 heterocycles. The number of benzene rings is 1. The van der Waals surface area contributed by atoms with Crippen LogP contribution in [-0.4, -0.2) is 26.9 Å². The largest absolute Gasteiger partial charge is 0.352 e. The lowest BCUT2D eigenvalue weighted by molar-refractivity contribution is -0.121. The van der Waals surface area contributed by atoms with Crippen molar-refractivity contribution in [2.24, 2.45) is 5.14 Å². The van der Waals surface area contributed by atoms with E-state index in [0.29, 0.717) is 13.0 Å². The van der Waals surface area contributed by atoms with Gasteiger partial charge in [-0.25, -0.2) is 13.6 Å². The van der Waals surface area contributed by atoms with Crippen LogP contribution in [0.4, 0.5) is 0 Å². The molecule has 1 unspecified atom stereocenters. The molecule has 7 heteroatoms. The van der Waals surface area contributed by atoms with Crippen LogP contribution in [0, 0.1) is 0 Å². The Kier molecular flexibility index (Phi) is 5.33. The summed E-state index contributed by atoms with van der Waals surface area (Å²) in [4.78, 5) is 11.9. The molecule has 1 aromatic carbocycles. The second-order valence-electron chi connectivity index (χ2n) is 5.32. The molecule has 0 aromatic heterocycles. The third-order valence-corrected chi connectivity index (χ3v) is 4.51. The molecule has 6 nitrogen and oxygen atoms in total. The number of primary sulfonamides is 1. The van der Waals surface area contributed by atoms with E-state index in [1.54, 1.807) is 12.1 Å². The van der Waals surface area contributed by atoms with Gasteiger partial charge in [0.05, 0.1) is 4.90 Å². The van der Waals surface area contributed by atoms with E-state index in [1.807, 2.05) is 0 Å². The Bertz CT molecular complexity index is 578. The van der Waals surface area contributed by atoms with Gasteiger partial charge in [-0.2, -0.15) is 0 Å². The standard InChI is InChI=1S/C14H21N3O3S/c15-21(19,20)13-6-4-11(5-7-13)10-17-14(18)9-12-3-1-2-8-16-12/h4-7,12,16H,1-3,8-10H2,(H,17,18)(H2,15,19,20). The highest BCUT2D eigenvalue weighted by molar-refractivity contribution is 7.89. The number of sulfonamides is 1. The van der Waals surface area contributed by atoms with Crippen LogP contribution >= 0.6 is 0 Å². The second kappa shape index (κ2) is 7.02. The number of carbonyl (C=O) groups excluding carboxylic acids is 1. The number of amides is 1. The summed E-state index contributed by atoms with van der Waals surface area (Å²) in [6.45, 7) is 1.36. The van der Waals surface area contributed by atoms with Crippen LogP contribution < -0.4 is 15.8 Å². The molecule has 1 amide bonds. The van der Waals surface area contributed by atoms with E-state index in [-0.39, 0.29) is 16.8 Å². The molecule has 21 heavy (non-hydrogen) atoms. The average molecular weight is 311 g/mol. The third-order valence-electron chi connectivity index (χ3n) is 3.59. The van der Waals surface area contributed by atoms with Crippen molar-refractivity contribution < 1.29 is 13.2 Å². The zero-order valence-electron chi connectivity index (χ0n) is 11.8. The molecule has 4 N–H and O–H groups in total. The number of piperidine rings is 1. The van der Waals surface area contributed by atoms with E-state index in [9.17, 15) is 13.2 Å². The fraction of sp³-hybridized carbons (Fsp3) is 0.500. The summed E-state index contributed by atoms with van der Waals surface area (Å²) in [7, 11) is -3.67. The van der Waals surface area contributed by atoms with Crippen molar-refractivity contribution in [2.75, 3.05) is 6.54 Å². The summed E-state index contributed by atoms with van der Waals surface area (Å²) in [6, 6.07) is 6.46. The Morgan fingerprint density at radius 1 is 1.29 bits per heavy atom. The summed E-state index contributed by atoms with van der Waals surface area (Å²) in [6.07, 6.45) is 3.86. The fourth-order valence-corrected chi connectivity index (χ4v) is 2.91. The quantitative estimate of drug-likeness (QED) is 0.736. The predicted octanol–water partition coefficient (Wildman–Crippen LogP) is 0.482. The highest BCUT2D eigenvalue weighted by Crippen LogP contribution is 2.11. The lowest BCUT2D eigenvalue weighted by Crippen LogP contribution is -2.38. The van der Waals surface area contributed by atoms with Crippen molar-refractivity contribution in [1.29, 1.82) is 0 Å². The first-order valence-electron chi connectivity index (χ1n) is 7.07. The molecule has 1 aliphatic heterocycles. The van der Waals surface area contributed by atoms with Crippen molar-refractivity contribution >= 4 is 15.9 Å². The van der Waals surface area contributed by atoms with Crippen molar-refractivity contribution in [3.8, 4) is 0 Å². The molecular weight excluding hydrogens is 290 g/mol. The summed E-state index contributed by atoms with van der Waals surface area (Å²) >= 11 is 0. The molecule has 0 aliphatic carbocycles. The van der Waals surface area contributed by atoms with Gasteiger partial charge in [0, 0.05) is 19.0 Å². The summed E-state index contributed by atoms with van der Waals surface area (Å²) in [5.74, 6) is 0.00456. The van der Waals surface area contributed by atoms with Gasteiger partial charge in [-0.1, -0.05) is 18.6 Å². The normalized spacial score (nSPS) is 19.2. The molecule has 0 saturated carbocycles. The van der Waals surface area contributed by atoms with Crippen molar-refractivity contribution in [3.05, 3.63) is 29.8 Å². The lowest BCUT2D eigenvalue weighted by Gasteiger charge is -2.22. The highest BCUT2D eigenvalue weighted by Gasteiger charge is 2.16. The van der Waals surface area contributed by atoms with Crippen LogP contribution in [0.2, 0.25) is 0 Å². The van der Waals surface area contributed by atoms with Crippen LogP contribution in [-0.2, 0) is 21.4 Å². The Labute approximate surface area is 125 Å². The Balaban J connectivity index is 1.81. The molecule has 1 saturated heterocycles. The minimum Gasteiger partial charge on any atom is -0.352 e. The molecule has 1 aliphatic rings. The average Bonchev–Trinajstić information content (AvgIpc) is 2.46. The van der Waals surface area contributed by atoms with Crippen LogP contribution in [0.1, 0.15) is 31.2 Å². The first kappa shape index (κ1) is 15.9. The molecular formula is C14H21N3O3S. The molecule has 2 rings (SSSR count). The van der Waals surface area contributed by atoms with Crippen molar-refractivity contribution in [2.45, 2.75) is 43.2 Å². The molecule has 116 valence electrons. The van der Waals surface area contributed by atoms with E-state index < -0.39 is 10.0 Å². The Hall–Kier alpha value is -1.44. The fourth-order valence-electron chi connectivity index (χ4n) is 2.39. The number of carbonyl (C=O) groups is 1. The zero-order valence-corrected chi connectivity index (χ0v) is 12.7. The molecule has 1 atom stereocenters. The van der Waals surface area contributed by atoms with Crippen LogP contribution in [0.25, 0.3) is 0 Å². The summed E-state index contributed by atoms with van der Waals surface area (Å²) in [5.41, 5.74) is 0.840. The SMILES string of the molecule is NS(=O)(=O)c1ccc(CNC(=O)CC2CCCCN2)cc1. The van der Waals surface area contributed by atoms with Gasteiger partial charge in [-0.05, 0) is 37.1 Å². The topological polar surface area (TPSA) is 101 Å². The zero-order chi connectivity index (χ0) is 15.3. The first-order valence-corrected chi connectivity index (χ1v) is 8.61. The minimum atomic E-state index is -3.67. The number of hydrogen-bond donors (Lipinski definition) is 3. The highest BCUT2D eigenvalue weighted by atomic mass is 32.2. The van der Waals surface area contributed by atoms with E-state index in [0.717, 1.165) is 18.5 Å². The van der Waals surface area contributed by atoms with Gasteiger partial charge < -0.3 is 10.6 Å². The monoisotopic (exact) mass is 311 g/mol. The van der Waals surface area contributed by atoms with E-state index in [2.05, 4.69) is 10.6 Å². The van der Waals surface area contributed by atoms with Gasteiger partial charge in [0.25, 0.3) is 0 Å². The first-order chi connectivity index (χ1) is 9.95. The number of hydrogen-bond acceptors (Lipinski definition) is 4. The van der Waals surface area contributed by atoms with Gasteiger partial charge >= 0.3 is 0 Å². The number of rotatable bonds is 5. The molecule has 0 spiro atoms. The maximum atomic E-state index is 11.8. The predicted molar refractivity (Wildman–Crippen MR) is 79.9 cm³/mol. The maximum absolute atomic E-state index is 11.8. The second-order valence-corrected chi connectivity index (χ2v) is 6.88.